The zero-order chi connectivity index (χ0) is 25.8. The Morgan fingerprint density at radius 3 is 2.17 bits per heavy atom. The molecular weight excluding hydrogens is 462 g/mol. The predicted octanol–water partition coefficient (Wildman–Crippen LogP) is 4.22. The zero-order valence-electron chi connectivity index (χ0n) is 21.9. The maximum atomic E-state index is 13.2. The average molecular weight is 502 g/mol. The summed E-state index contributed by atoms with van der Waals surface area (Å²) in [6, 6.07) is 11.8. The second-order valence-electron chi connectivity index (χ2n) is 9.75. The number of anilines is 1. The van der Waals surface area contributed by atoms with Crippen LogP contribution in [0.3, 0.4) is 0 Å². The molecule has 0 radical (unpaired) electrons. The van der Waals surface area contributed by atoms with E-state index in [1.54, 1.807) is 45.0 Å². The molecule has 1 aliphatic heterocycles. The number of carbonyl (C=O) groups is 1. The first-order valence-electron chi connectivity index (χ1n) is 12.2. The first kappa shape index (κ1) is 27.0. The Labute approximate surface area is 210 Å². The summed E-state index contributed by atoms with van der Waals surface area (Å²) in [6.45, 7) is 8.60. The number of amides is 1. The lowest BCUT2D eigenvalue weighted by Gasteiger charge is -2.32. The number of rotatable bonds is 9. The van der Waals surface area contributed by atoms with Gasteiger partial charge < -0.3 is 14.5 Å². The number of nitrogens with zero attached hydrogens (tertiary/aromatic N) is 3. The molecule has 1 amide bonds. The minimum absolute atomic E-state index is 0.0932. The van der Waals surface area contributed by atoms with Crippen molar-refractivity contribution >= 4 is 21.6 Å². The van der Waals surface area contributed by atoms with Crippen LogP contribution in [0.4, 0.5) is 5.69 Å². The molecular formula is C27H39N3O4S. The van der Waals surface area contributed by atoms with Gasteiger partial charge in [-0.05, 0) is 73.6 Å². The van der Waals surface area contributed by atoms with Crippen LogP contribution in [0.15, 0.2) is 41.3 Å². The molecule has 1 fully saturated rings. The number of hydrogen-bond donors (Lipinski definition) is 0. The van der Waals surface area contributed by atoms with E-state index < -0.39 is 10.0 Å². The smallest absolute Gasteiger partial charge is 0.243 e. The number of benzene rings is 2. The van der Waals surface area contributed by atoms with Gasteiger partial charge >= 0.3 is 0 Å². The summed E-state index contributed by atoms with van der Waals surface area (Å²) in [5, 5.41) is 0. The third-order valence-corrected chi connectivity index (χ3v) is 9.07. The summed E-state index contributed by atoms with van der Waals surface area (Å²) >= 11 is 0. The SMILES string of the molecule is COc1cc(C)c(S(=O)(=O)N(C)CCC(=O)N(C)Cc2ccc(N3CCC(C)CC3)cc2)c(C)c1. The van der Waals surface area contributed by atoms with Crippen molar-refractivity contribution in [3.05, 3.63) is 53.1 Å². The van der Waals surface area contributed by atoms with Gasteiger partial charge in [-0.15, -0.1) is 0 Å². The zero-order valence-corrected chi connectivity index (χ0v) is 22.7. The molecule has 1 saturated heterocycles. The molecule has 0 spiro atoms. The van der Waals surface area contributed by atoms with Crippen molar-refractivity contribution in [2.75, 3.05) is 45.7 Å². The summed E-state index contributed by atoms with van der Waals surface area (Å²) in [6.07, 6.45) is 2.56. The third kappa shape index (κ3) is 6.55. The van der Waals surface area contributed by atoms with Gasteiger partial charge in [-0.3, -0.25) is 4.79 Å². The topological polar surface area (TPSA) is 70.2 Å². The highest BCUT2D eigenvalue weighted by molar-refractivity contribution is 7.89. The fourth-order valence-electron chi connectivity index (χ4n) is 4.60. The molecule has 35 heavy (non-hydrogen) atoms. The number of sulfonamides is 1. The van der Waals surface area contributed by atoms with Crippen LogP contribution in [0.5, 0.6) is 5.75 Å². The fourth-order valence-corrected chi connectivity index (χ4v) is 6.17. The van der Waals surface area contributed by atoms with E-state index in [0.29, 0.717) is 23.4 Å². The van der Waals surface area contributed by atoms with Crippen LogP contribution >= 0.6 is 0 Å². The van der Waals surface area contributed by atoms with Gasteiger partial charge in [-0.2, -0.15) is 0 Å². The maximum Gasteiger partial charge on any atom is 0.243 e. The normalized spacial score (nSPS) is 14.9. The molecule has 3 rings (SSSR count). The largest absolute Gasteiger partial charge is 0.497 e. The van der Waals surface area contributed by atoms with Crippen molar-refractivity contribution in [1.82, 2.24) is 9.21 Å². The Kier molecular flexibility index (Phi) is 8.83. The first-order chi connectivity index (χ1) is 16.5. The molecule has 0 saturated carbocycles. The summed E-state index contributed by atoms with van der Waals surface area (Å²) in [7, 11) is 1.11. The Hall–Kier alpha value is -2.58. The quantitative estimate of drug-likeness (QED) is 0.515. The van der Waals surface area contributed by atoms with Crippen LogP contribution in [-0.4, -0.2) is 64.4 Å². The minimum Gasteiger partial charge on any atom is -0.497 e. The molecule has 192 valence electrons. The van der Waals surface area contributed by atoms with E-state index in [1.165, 1.54) is 29.9 Å². The number of methoxy groups -OCH3 is 1. The summed E-state index contributed by atoms with van der Waals surface area (Å²) in [5.74, 6) is 1.32. The maximum absolute atomic E-state index is 13.2. The van der Waals surface area contributed by atoms with Gasteiger partial charge in [-0.25, -0.2) is 12.7 Å². The highest BCUT2D eigenvalue weighted by atomic mass is 32.2. The highest BCUT2D eigenvalue weighted by Crippen LogP contribution is 2.28. The van der Waals surface area contributed by atoms with Crippen molar-refractivity contribution in [2.45, 2.75) is 51.5 Å². The van der Waals surface area contributed by atoms with Crippen LogP contribution in [0, 0.1) is 19.8 Å². The van der Waals surface area contributed by atoms with E-state index in [4.69, 9.17) is 4.74 Å². The van der Waals surface area contributed by atoms with Gasteiger partial charge in [0.25, 0.3) is 0 Å². The molecule has 0 bridgehead atoms. The number of piperidine rings is 1. The van der Waals surface area contributed by atoms with Gasteiger partial charge in [-0.1, -0.05) is 19.1 Å². The summed E-state index contributed by atoms with van der Waals surface area (Å²) < 4.78 is 32.9. The molecule has 1 aliphatic rings. The van der Waals surface area contributed by atoms with E-state index in [0.717, 1.165) is 24.6 Å². The van der Waals surface area contributed by atoms with E-state index >= 15 is 0 Å². The third-order valence-electron chi connectivity index (χ3n) is 6.91. The molecule has 0 aliphatic carbocycles. The summed E-state index contributed by atoms with van der Waals surface area (Å²) in [4.78, 5) is 17.1. The van der Waals surface area contributed by atoms with Crippen LogP contribution in [0.25, 0.3) is 0 Å². The molecule has 8 heteroatoms. The summed E-state index contributed by atoms with van der Waals surface area (Å²) in [5.41, 5.74) is 3.53. The lowest BCUT2D eigenvalue weighted by atomic mass is 9.98. The van der Waals surface area contributed by atoms with Crippen LogP contribution in [0.2, 0.25) is 0 Å². The van der Waals surface area contributed by atoms with Crippen molar-refractivity contribution < 1.29 is 17.9 Å². The van der Waals surface area contributed by atoms with E-state index in [1.807, 2.05) is 0 Å². The van der Waals surface area contributed by atoms with Crippen molar-refractivity contribution in [2.24, 2.45) is 5.92 Å². The molecule has 2 aromatic carbocycles. The van der Waals surface area contributed by atoms with E-state index in [-0.39, 0.29) is 23.8 Å². The van der Waals surface area contributed by atoms with Crippen LogP contribution in [-0.2, 0) is 21.4 Å². The van der Waals surface area contributed by atoms with Gasteiger partial charge in [0.2, 0.25) is 15.9 Å². The highest BCUT2D eigenvalue weighted by Gasteiger charge is 2.26. The molecule has 7 nitrogen and oxygen atoms in total. The van der Waals surface area contributed by atoms with Crippen molar-refractivity contribution in [1.29, 1.82) is 0 Å². The second-order valence-corrected chi connectivity index (χ2v) is 11.7. The fraction of sp³-hybridized carbons (Fsp3) is 0.519. The average Bonchev–Trinajstić information content (AvgIpc) is 2.82. The van der Waals surface area contributed by atoms with E-state index in [9.17, 15) is 13.2 Å². The van der Waals surface area contributed by atoms with Crippen LogP contribution in [0.1, 0.15) is 42.9 Å². The lowest BCUT2D eigenvalue weighted by Crippen LogP contribution is -2.34. The Morgan fingerprint density at radius 1 is 1.06 bits per heavy atom. The molecule has 0 atom stereocenters. The van der Waals surface area contributed by atoms with Crippen molar-refractivity contribution in [3.8, 4) is 5.75 Å². The number of carbonyl (C=O) groups excluding carboxylic acids is 1. The number of ether oxygens (including phenoxy) is 1. The van der Waals surface area contributed by atoms with E-state index in [2.05, 4.69) is 36.1 Å². The van der Waals surface area contributed by atoms with Gasteiger partial charge in [0.05, 0.1) is 12.0 Å². The lowest BCUT2D eigenvalue weighted by molar-refractivity contribution is -0.130. The molecule has 0 N–H and O–H groups in total. The van der Waals surface area contributed by atoms with Gasteiger partial charge in [0.1, 0.15) is 5.75 Å². The number of hydrogen-bond acceptors (Lipinski definition) is 5. The van der Waals surface area contributed by atoms with Crippen LogP contribution < -0.4 is 9.64 Å². The molecule has 0 unspecified atom stereocenters. The molecule has 0 aromatic heterocycles. The second kappa shape index (κ2) is 11.4. The van der Waals surface area contributed by atoms with Gasteiger partial charge in [0, 0.05) is 52.4 Å². The Morgan fingerprint density at radius 2 is 1.63 bits per heavy atom. The standard InChI is InChI=1S/C27H39N3O4S/c1-20-11-15-30(16-12-20)24-9-7-23(8-10-24)19-28(4)26(31)13-14-29(5)35(32,33)27-21(2)17-25(34-6)18-22(27)3/h7-10,17-18,20H,11-16,19H2,1-6H3. The molecule has 1 heterocycles. The minimum atomic E-state index is -3.72. The number of aryl methyl sites for hydroxylation is 2. The molecule has 2 aromatic rings. The Bertz CT molecular complexity index is 1100. The van der Waals surface area contributed by atoms with Gasteiger partial charge in [0.15, 0.2) is 0 Å². The predicted molar refractivity (Wildman–Crippen MR) is 140 cm³/mol. The monoisotopic (exact) mass is 501 g/mol. The Balaban J connectivity index is 1.56. The van der Waals surface area contributed by atoms with Crippen molar-refractivity contribution in [3.63, 3.8) is 0 Å². The first-order valence-corrected chi connectivity index (χ1v) is 13.7.